The highest BCUT2D eigenvalue weighted by molar-refractivity contribution is 5.70. The van der Waals surface area contributed by atoms with E-state index in [4.69, 9.17) is 0 Å². The fourth-order valence-corrected chi connectivity index (χ4v) is 1.93. The summed E-state index contributed by atoms with van der Waals surface area (Å²) in [7, 11) is 0. The SMILES string of the molecule is O=c1[nH][nH]c(-c2ccccc2)c1N=Nc1ccc(F)cc1F. The Hall–Kier alpha value is -3.09. The van der Waals surface area contributed by atoms with Crippen LogP contribution >= 0.6 is 0 Å². The van der Waals surface area contributed by atoms with Crippen molar-refractivity contribution in [3.8, 4) is 11.3 Å². The van der Waals surface area contributed by atoms with Crippen molar-refractivity contribution in [2.45, 2.75) is 0 Å². The Morgan fingerprint density at radius 1 is 0.909 bits per heavy atom. The normalized spacial score (nSPS) is 11.2. The molecular formula is C15H10F2N4O. The van der Waals surface area contributed by atoms with Crippen LogP contribution in [0.15, 0.2) is 63.6 Å². The summed E-state index contributed by atoms with van der Waals surface area (Å²) in [5.74, 6) is -1.56. The van der Waals surface area contributed by atoms with E-state index in [1.807, 2.05) is 6.07 Å². The lowest BCUT2D eigenvalue weighted by Crippen LogP contribution is -1.96. The van der Waals surface area contributed by atoms with Crippen LogP contribution in [-0.2, 0) is 0 Å². The maximum Gasteiger partial charge on any atom is 0.292 e. The van der Waals surface area contributed by atoms with E-state index in [1.165, 1.54) is 0 Å². The Bertz CT molecular complexity index is 884. The lowest BCUT2D eigenvalue weighted by molar-refractivity contribution is 0.584. The first-order chi connectivity index (χ1) is 10.6. The average Bonchev–Trinajstić information content (AvgIpc) is 2.88. The van der Waals surface area contributed by atoms with Gasteiger partial charge in [-0.25, -0.2) is 8.78 Å². The molecule has 2 N–H and O–H groups in total. The highest BCUT2D eigenvalue weighted by Gasteiger charge is 2.11. The summed E-state index contributed by atoms with van der Waals surface area (Å²) in [6.07, 6.45) is 0. The zero-order valence-corrected chi connectivity index (χ0v) is 11.2. The molecule has 0 saturated carbocycles. The zero-order chi connectivity index (χ0) is 15.5. The smallest absolute Gasteiger partial charge is 0.292 e. The zero-order valence-electron chi connectivity index (χ0n) is 11.2. The molecule has 0 unspecified atom stereocenters. The van der Waals surface area contributed by atoms with Crippen LogP contribution in [0.5, 0.6) is 0 Å². The van der Waals surface area contributed by atoms with Crippen LogP contribution in [0.4, 0.5) is 20.2 Å². The molecule has 110 valence electrons. The van der Waals surface area contributed by atoms with E-state index in [2.05, 4.69) is 20.4 Å². The van der Waals surface area contributed by atoms with Gasteiger partial charge >= 0.3 is 0 Å². The highest BCUT2D eigenvalue weighted by atomic mass is 19.1. The van der Waals surface area contributed by atoms with E-state index in [0.29, 0.717) is 11.8 Å². The first-order valence-electron chi connectivity index (χ1n) is 6.38. The van der Waals surface area contributed by atoms with Crippen LogP contribution in [-0.4, -0.2) is 10.2 Å². The third-order valence-electron chi connectivity index (χ3n) is 2.98. The fraction of sp³-hybridized carbons (Fsp3) is 0. The fourth-order valence-electron chi connectivity index (χ4n) is 1.93. The van der Waals surface area contributed by atoms with Gasteiger partial charge in [-0.3, -0.25) is 15.0 Å². The van der Waals surface area contributed by atoms with Crippen molar-refractivity contribution in [2.24, 2.45) is 10.2 Å². The summed E-state index contributed by atoms with van der Waals surface area (Å²) in [6.45, 7) is 0. The summed E-state index contributed by atoms with van der Waals surface area (Å²) >= 11 is 0. The molecule has 0 saturated heterocycles. The summed E-state index contributed by atoms with van der Waals surface area (Å²) < 4.78 is 26.4. The maximum atomic E-state index is 13.5. The molecule has 0 fully saturated rings. The van der Waals surface area contributed by atoms with Crippen molar-refractivity contribution in [3.05, 3.63) is 70.5 Å². The Balaban J connectivity index is 2.01. The highest BCUT2D eigenvalue weighted by Crippen LogP contribution is 2.27. The Labute approximate surface area is 123 Å². The van der Waals surface area contributed by atoms with Gasteiger partial charge in [0.1, 0.15) is 11.5 Å². The molecule has 22 heavy (non-hydrogen) atoms. The number of nitrogens with one attached hydrogen (secondary N) is 2. The number of azo groups is 1. The lowest BCUT2D eigenvalue weighted by Gasteiger charge is -1.98. The number of halogens is 2. The molecule has 0 aliphatic carbocycles. The number of aromatic amines is 2. The van der Waals surface area contributed by atoms with E-state index in [-0.39, 0.29) is 11.4 Å². The van der Waals surface area contributed by atoms with Gasteiger partial charge in [-0.2, -0.15) is 0 Å². The van der Waals surface area contributed by atoms with Crippen LogP contribution in [0.25, 0.3) is 11.3 Å². The van der Waals surface area contributed by atoms with Crippen LogP contribution in [0.2, 0.25) is 0 Å². The molecule has 1 aromatic heterocycles. The van der Waals surface area contributed by atoms with E-state index in [9.17, 15) is 13.6 Å². The average molecular weight is 300 g/mol. The van der Waals surface area contributed by atoms with Gasteiger partial charge in [-0.1, -0.05) is 30.3 Å². The minimum atomic E-state index is -0.850. The van der Waals surface area contributed by atoms with E-state index in [0.717, 1.165) is 17.7 Å². The number of aromatic nitrogens is 2. The van der Waals surface area contributed by atoms with Gasteiger partial charge < -0.3 is 0 Å². The predicted octanol–water partition coefficient (Wildman–Crippen LogP) is 4.06. The minimum Gasteiger partial charge on any atom is -0.295 e. The van der Waals surface area contributed by atoms with Crippen LogP contribution in [0, 0.1) is 11.6 Å². The Morgan fingerprint density at radius 2 is 1.68 bits per heavy atom. The van der Waals surface area contributed by atoms with E-state index < -0.39 is 17.2 Å². The second-order valence-electron chi connectivity index (χ2n) is 4.46. The number of H-pyrrole nitrogens is 2. The van der Waals surface area contributed by atoms with Gasteiger partial charge in [0.2, 0.25) is 0 Å². The second-order valence-corrected chi connectivity index (χ2v) is 4.46. The second kappa shape index (κ2) is 5.72. The third-order valence-corrected chi connectivity index (χ3v) is 2.98. The van der Waals surface area contributed by atoms with Crippen molar-refractivity contribution in [2.75, 3.05) is 0 Å². The van der Waals surface area contributed by atoms with Gasteiger partial charge in [0, 0.05) is 11.6 Å². The summed E-state index contributed by atoms with van der Waals surface area (Å²) in [5, 5.41) is 12.6. The molecule has 5 nitrogen and oxygen atoms in total. The first kappa shape index (κ1) is 13.9. The van der Waals surface area contributed by atoms with Crippen molar-refractivity contribution in [1.29, 1.82) is 0 Å². The van der Waals surface area contributed by atoms with Gasteiger partial charge in [0.25, 0.3) is 5.56 Å². The number of nitrogens with zero attached hydrogens (tertiary/aromatic N) is 2. The quantitative estimate of drug-likeness (QED) is 0.703. The van der Waals surface area contributed by atoms with Crippen molar-refractivity contribution >= 4 is 11.4 Å². The van der Waals surface area contributed by atoms with Crippen LogP contribution in [0.3, 0.4) is 0 Å². The van der Waals surface area contributed by atoms with Gasteiger partial charge in [-0.05, 0) is 12.1 Å². The topological polar surface area (TPSA) is 73.4 Å². The summed E-state index contributed by atoms with van der Waals surface area (Å²) in [6, 6.07) is 11.9. The molecular weight excluding hydrogens is 290 g/mol. The molecule has 3 aromatic rings. The van der Waals surface area contributed by atoms with Crippen LogP contribution in [0.1, 0.15) is 0 Å². The third kappa shape index (κ3) is 2.69. The van der Waals surface area contributed by atoms with E-state index >= 15 is 0 Å². The summed E-state index contributed by atoms with van der Waals surface area (Å²) in [5.41, 5.74) is 0.562. The molecule has 1 heterocycles. The molecule has 0 radical (unpaired) electrons. The lowest BCUT2D eigenvalue weighted by atomic mass is 10.1. The largest absolute Gasteiger partial charge is 0.295 e. The Kier molecular flexibility index (Phi) is 3.61. The Morgan fingerprint density at radius 3 is 2.41 bits per heavy atom. The standard InChI is InChI=1S/C15H10F2N4O/c16-10-6-7-12(11(17)8-10)18-20-14-13(19-21-15(14)22)9-4-2-1-3-5-9/h1-8H,(H2,19,21,22). The first-order valence-corrected chi connectivity index (χ1v) is 6.38. The van der Waals surface area contributed by atoms with Crippen molar-refractivity contribution in [1.82, 2.24) is 10.2 Å². The summed E-state index contributed by atoms with van der Waals surface area (Å²) in [4.78, 5) is 11.8. The molecule has 0 atom stereocenters. The molecule has 7 heteroatoms. The van der Waals surface area contributed by atoms with Gasteiger partial charge in [-0.15, -0.1) is 10.2 Å². The van der Waals surface area contributed by atoms with Crippen LogP contribution < -0.4 is 5.56 Å². The van der Waals surface area contributed by atoms with Gasteiger partial charge in [0.15, 0.2) is 11.5 Å². The molecule has 0 aliphatic rings. The molecule has 3 rings (SSSR count). The van der Waals surface area contributed by atoms with Gasteiger partial charge in [0.05, 0.1) is 5.69 Å². The van der Waals surface area contributed by atoms with Crippen molar-refractivity contribution in [3.63, 3.8) is 0 Å². The molecule has 0 aliphatic heterocycles. The molecule has 2 aromatic carbocycles. The maximum absolute atomic E-state index is 13.5. The number of rotatable bonds is 3. The predicted molar refractivity (Wildman–Crippen MR) is 77.4 cm³/mol. The number of benzene rings is 2. The molecule has 0 amide bonds. The van der Waals surface area contributed by atoms with Crippen molar-refractivity contribution < 1.29 is 8.78 Å². The minimum absolute atomic E-state index is 0.0231. The molecule has 0 bridgehead atoms. The number of hydrogen-bond acceptors (Lipinski definition) is 3. The molecule has 0 spiro atoms. The van der Waals surface area contributed by atoms with E-state index in [1.54, 1.807) is 24.3 Å². The monoisotopic (exact) mass is 300 g/mol. The number of hydrogen-bond donors (Lipinski definition) is 2.